The molecule has 0 spiro atoms. The molecular formula is C12H17N3OS. The molecule has 0 atom stereocenters. The number of oxazole rings is 1. The molecule has 5 heteroatoms. The van der Waals surface area contributed by atoms with E-state index in [4.69, 9.17) is 10.2 Å². The van der Waals surface area contributed by atoms with Crippen LogP contribution in [0.5, 0.6) is 0 Å². The fourth-order valence-electron chi connectivity index (χ4n) is 1.46. The number of rotatable bonds is 5. The lowest BCUT2D eigenvalue weighted by molar-refractivity contribution is 0.437. The van der Waals surface area contributed by atoms with Gasteiger partial charge in [-0.1, -0.05) is 0 Å². The highest BCUT2D eigenvalue weighted by atomic mass is 32.2. The number of nitrogen functional groups attached to an aromatic ring is 1. The van der Waals surface area contributed by atoms with Crippen LogP contribution in [0.3, 0.4) is 0 Å². The van der Waals surface area contributed by atoms with E-state index in [9.17, 15) is 0 Å². The smallest absolute Gasteiger partial charge is 0.205 e. The van der Waals surface area contributed by atoms with Crippen LogP contribution in [0.4, 0.5) is 5.69 Å². The molecule has 0 amide bonds. The molecule has 2 N–H and O–H groups in total. The Morgan fingerprint density at radius 3 is 3.00 bits per heavy atom. The van der Waals surface area contributed by atoms with Crippen LogP contribution in [0.15, 0.2) is 22.6 Å². The summed E-state index contributed by atoms with van der Waals surface area (Å²) in [5.41, 5.74) is 8.05. The van der Waals surface area contributed by atoms with Gasteiger partial charge in [0.15, 0.2) is 5.58 Å². The van der Waals surface area contributed by atoms with Crippen molar-refractivity contribution < 1.29 is 4.42 Å². The van der Waals surface area contributed by atoms with Crippen LogP contribution < -0.4 is 5.73 Å². The molecule has 0 saturated carbocycles. The first-order valence-electron chi connectivity index (χ1n) is 5.52. The van der Waals surface area contributed by atoms with Gasteiger partial charge in [0.25, 0.3) is 0 Å². The molecule has 1 heterocycles. The second kappa shape index (κ2) is 5.42. The van der Waals surface area contributed by atoms with Crippen LogP contribution in [0.2, 0.25) is 0 Å². The summed E-state index contributed by atoms with van der Waals surface area (Å²) in [5.74, 6) is 2.66. The van der Waals surface area contributed by atoms with Crippen LogP contribution in [0.1, 0.15) is 5.89 Å². The first-order chi connectivity index (χ1) is 8.15. The number of nitrogens with two attached hydrogens (primary N) is 1. The van der Waals surface area contributed by atoms with E-state index in [-0.39, 0.29) is 0 Å². The highest BCUT2D eigenvalue weighted by Gasteiger charge is 2.05. The first kappa shape index (κ1) is 12.3. The Labute approximate surface area is 105 Å². The number of fused-ring (bicyclic) bond motifs is 1. The summed E-state index contributed by atoms with van der Waals surface area (Å²) in [7, 11) is 4.14. The number of anilines is 1. The first-order valence-corrected chi connectivity index (χ1v) is 6.68. The standard InChI is InChI=1S/C12H17N3OS/c1-15(2)5-6-17-8-12-14-10-4-3-9(13)7-11(10)16-12/h3-4,7H,5-6,8,13H2,1-2H3. The molecular weight excluding hydrogens is 234 g/mol. The lowest BCUT2D eigenvalue weighted by Crippen LogP contribution is -2.14. The minimum absolute atomic E-state index is 0.709. The van der Waals surface area contributed by atoms with Crippen LogP contribution >= 0.6 is 11.8 Å². The van der Waals surface area contributed by atoms with Gasteiger partial charge in [0.2, 0.25) is 5.89 Å². The molecule has 92 valence electrons. The average molecular weight is 251 g/mol. The van der Waals surface area contributed by atoms with Crippen molar-refractivity contribution in [2.45, 2.75) is 5.75 Å². The van der Waals surface area contributed by atoms with Crippen LogP contribution in [-0.4, -0.2) is 36.3 Å². The van der Waals surface area contributed by atoms with Crippen LogP contribution in [0.25, 0.3) is 11.1 Å². The minimum atomic E-state index is 0.709. The predicted molar refractivity (Wildman–Crippen MR) is 73.1 cm³/mol. The third kappa shape index (κ3) is 3.38. The molecule has 4 nitrogen and oxygen atoms in total. The molecule has 17 heavy (non-hydrogen) atoms. The second-order valence-electron chi connectivity index (χ2n) is 4.19. The Kier molecular flexibility index (Phi) is 3.91. The molecule has 0 bridgehead atoms. The van der Waals surface area contributed by atoms with E-state index in [0.717, 1.165) is 35.0 Å². The van der Waals surface area contributed by atoms with Crippen LogP contribution in [0, 0.1) is 0 Å². The second-order valence-corrected chi connectivity index (χ2v) is 5.30. The normalized spacial score (nSPS) is 11.5. The maximum atomic E-state index is 5.69. The highest BCUT2D eigenvalue weighted by Crippen LogP contribution is 2.21. The van der Waals surface area contributed by atoms with Gasteiger partial charge < -0.3 is 15.1 Å². The molecule has 0 fully saturated rings. The van der Waals surface area contributed by atoms with Crippen molar-refractivity contribution in [2.24, 2.45) is 0 Å². The predicted octanol–water partition coefficient (Wildman–Crippen LogP) is 2.20. The molecule has 0 saturated heterocycles. The number of hydrogen-bond donors (Lipinski definition) is 1. The summed E-state index contributed by atoms with van der Waals surface area (Å²) in [6, 6.07) is 5.55. The van der Waals surface area contributed by atoms with Gasteiger partial charge in [-0.15, -0.1) is 0 Å². The fourth-order valence-corrected chi connectivity index (χ4v) is 2.39. The maximum Gasteiger partial charge on any atom is 0.205 e. The van der Waals surface area contributed by atoms with E-state index in [2.05, 4.69) is 24.0 Å². The van der Waals surface area contributed by atoms with E-state index in [1.807, 2.05) is 30.0 Å². The number of benzene rings is 1. The van der Waals surface area contributed by atoms with Crippen molar-refractivity contribution in [1.29, 1.82) is 0 Å². The number of aromatic nitrogens is 1. The van der Waals surface area contributed by atoms with Crippen molar-refractivity contribution in [3.8, 4) is 0 Å². The fraction of sp³-hybridized carbons (Fsp3) is 0.417. The summed E-state index contributed by atoms with van der Waals surface area (Å²) in [5, 5.41) is 0. The zero-order valence-corrected chi connectivity index (χ0v) is 11.0. The van der Waals surface area contributed by atoms with Gasteiger partial charge in [0.05, 0.1) is 5.75 Å². The molecule has 0 unspecified atom stereocenters. The summed E-state index contributed by atoms with van der Waals surface area (Å²) >= 11 is 1.82. The lowest BCUT2D eigenvalue weighted by atomic mass is 10.3. The van der Waals surface area contributed by atoms with Gasteiger partial charge in [-0.3, -0.25) is 0 Å². The Hall–Kier alpha value is -1.20. The molecule has 2 aromatic rings. The molecule has 2 rings (SSSR count). The third-order valence-corrected chi connectivity index (χ3v) is 3.29. The van der Waals surface area contributed by atoms with E-state index in [0.29, 0.717) is 5.69 Å². The van der Waals surface area contributed by atoms with E-state index in [1.165, 1.54) is 0 Å². The monoisotopic (exact) mass is 251 g/mol. The summed E-state index contributed by atoms with van der Waals surface area (Å²) in [6.07, 6.45) is 0. The largest absolute Gasteiger partial charge is 0.440 e. The van der Waals surface area contributed by atoms with E-state index < -0.39 is 0 Å². The minimum Gasteiger partial charge on any atom is -0.440 e. The zero-order valence-electron chi connectivity index (χ0n) is 10.1. The molecule has 0 aliphatic carbocycles. The van der Waals surface area contributed by atoms with E-state index in [1.54, 1.807) is 0 Å². The Morgan fingerprint density at radius 2 is 2.24 bits per heavy atom. The SMILES string of the molecule is CN(C)CCSCc1nc2ccc(N)cc2o1. The zero-order chi connectivity index (χ0) is 12.3. The van der Waals surface area contributed by atoms with Gasteiger partial charge in [0.1, 0.15) is 5.52 Å². The quantitative estimate of drug-likeness (QED) is 0.652. The third-order valence-electron chi connectivity index (χ3n) is 2.37. The molecule has 1 aromatic heterocycles. The van der Waals surface area contributed by atoms with Gasteiger partial charge in [-0.05, 0) is 26.2 Å². The van der Waals surface area contributed by atoms with Crippen molar-refractivity contribution in [3.63, 3.8) is 0 Å². The van der Waals surface area contributed by atoms with Crippen molar-refractivity contribution in [1.82, 2.24) is 9.88 Å². The summed E-state index contributed by atoms with van der Waals surface area (Å²) < 4.78 is 5.63. The number of hydrogen-bond acceptors (Lipinski definition) is 5. The van der Waals surface area contributed by atoms with Gasteiger partial charge in [-0.25, -0.2) is 4.98 Å². The van der Waals surface area contributed by atoms with E-state index >= 15 is 0 Å². The van der Waals surface area contributed by atoms with Crippen LogP contribution in [-0.2, 0) is 5.75 Å². The van der Waals surface area contributed by atoms with Crippen molar-refractivity contribution in [2.75, 3.05) is 32.1 Å². The Balaban J connectivity index is 1.95. The average Bonchev–Trinajstić information content (AvgIpc) is 2.66. The van der Waals surface area contributed by atoms with Gasteiger partial charge in [0, 0.05) is 24.1 Å². The molecule has 0 aliphatic rings. The summed E-state index contributed by atoms with van der Waals surface area (Å²) in [4.78, 5) is 6.58. The number of nitrogens with zero attached hydrogens (tertiary/aromatic N) is 2. The highest BCUT2D eigenvalue weighted by molar-refractivity contribution is 7.98. The molecule has 1 aromatic carbocycles. The Morgan fingerprint density at radius 1 is 1.41 bits per heavy atom. The maximum absolute atomic E-state index is 5.69. The molecule has 0 radical (unpaired) electrons. The van der Waals surface area contributed by atoms with Gasteiger partial charge >= 0.3 is 0 Å². The Bertz CT molecular complexity index is 495. The topological polar surface area (TPSA) is 55.3 Å². The van der Waals surface area contributed by atoms with Crippen molar-refractivity contribution in [3.05, 3.63) is 24.1 Å². The lowest BCUT2D eigenvalue weighted by Gasteiger charge is -2.07. The van der Waals surface area contributed by atoms with Gasteiger partial charge in [-0.2, -0.15) is 11.8 Å². The molecule has 0 aliphatic heterocycles. The van der Waals surface area contributed by atoms with Crippen molar-refractivity contribution >= 4 is 28.5 Å². The number of thioether (sulfide) groups is 1. The summed E-state index contributed by atoms with van der Waals surface area (Å²) in [6.45, 7) is 1.07.